The number of rotatable bonds is 0. The molecule has 46 valence electrons. The Morgan fingerprint density at radius 3 is 1.00 bits per heavy atom. The first kappa shape index (κ1) is 10.0. The summed E-state index contributed by atoms with van der Waals surface area (Å²) in [7, 11) is 0. The predicted octanol–water partition coefficient (Wildman–Crippen LogP) is 0.196. The maximum atomic E-state index is 3.56. The number of hydrogen-bond acceptors (Lipinski definition) is 5. The molecule has 0 spiro atoms. The fraction of sp³-hybridized carbons (Fsp3) is 0. The molecule has 0 atom stereocenters. The van der Waals surface area contributed by atoms with Gasteiger partial charge in [0.15, 0.2) is 0 Å². The quantitative estimate of drug-likeness (QED) is 0.501. The molecular formula is C3H9N5. The Balaban J connectivity index is 0. The maximum Gasteiger partial charge on any atom is 0.119 e. The summed E-state index contributed by atoms with van der Waals surface area (Å²) in [4.78, 5) is 10.7. The van der Waals surface area contributed by atoms with Crippen LogP contribution in [0.2, 0.25) is 0 Å². The van der Waals surface area contributed by atoms with Gasteiger partial charge in [-0.25, -0.2) is 15.0 Å². The Morgan fingerprint density at radius 1 is 0.625 bits per heavy atom. The zero-order valence-electron chi connectivity index (χ0n) is 4.49. The van der Waals surface area contributed by atoms with Crippen LogP contribution in [-0.4, -0.2) is 15.0 Å². The van der Waals surface area contributed by atoms with Crippen molar-refractivity contribution in [2.45, 2.75) is 0 Å². The molecule has 1 aromatic heterocycles. The van der Waals surface area contributed by atoms with Gasteiger partial charge in [-0.2, -0.15) is 0 Å². The van der Waals surface area contributed by atoms with E-state index in [9.17, 15) is 0 Å². The first-order chi connectivity index (χ1) is 3.00. The molecule has 6 N–H and O–H groups in total. The standard InChI is InChI=1S/C3H3N3.2H3N/c1-4-2-6-3-5-1;;/h1-3H;2*1H3. The lowest BCUT2D eigenvalue weighted by Crippen LogP contribution is -1.73. The number of nitrogens with zero attached hydrogens (tertiary/aromatic N) is 3. The highest BCUT2D eigenvalue weighted by atomic mass is 14.9. The molecule has 0 aliphatic carbocycles. The molecule has 0 aliphatic rings. The van der Waals surface area contributed by atoms with Crippen LogP contribution in [-0.2, 0) is 0 Å². The topological polar surface area (TPSA) is 109 Å². The van der Waals surface area contributed by atoms with E-state index in [0.29, 0.717) is 0 Å². The molecule has 0 amide bonds. The lowest BCUT2D eigenvalue weighted by molar-refractivity contribution is 1.05. The Labute approximate surface area is 47.4 Å². The van der Waals surface area contributed by atoms with Crippen molar-refractivity contribution >= 4 is 0 Å². The van der Waals surface area contributed by atoms with Crippen LogP contribution in [0.25, 0.3) is 0 Å². The fourth-order valence-electron chi connectivity index (χ4n) is 0.205. The highest BCUT2D eigenvalue weighted by Crippen LogP contribution is 1.57. The van der Waals surface area contributed by atoms with E-state index in [1.807, 2.05) is 0 Å². The monoisotopic (exact) mass is 115 g/mol. The summed E-state index contributed by atoms with van der Waals surface area (Å²) < 4.78 is 0. The van der Waals surface area contributed by atoms with Crippen LogP contribution in [0.4, 0.5) is 0 Å². The third-order valence-corrected chi connectivity index (χ3v) is 0.400. The molecule has 5 heteroatoms. The van der Waals surface area contributed by atoms with Gasteiger partial charge in [0.1, 0.15) is 19.0 Å². The Bertz CT molecular complexity index is 79.6. The van der Waals surface area contributed by atoms with Gasteiger partial charge in [-0.1, -0.05) is 0 Å². The molecule has 1 aromatic rings. The first-order valence-corrected chi connectivity index (χ1v) is 1.55. The predicted molar refractivity (Wildman–Crippen MR) is 29.9 cm³/mol. The second kappa shape index (κ2) is 5.93. The molecule has 0 saturated heterocycles. The third-order valence-electron chi connectivity index (χ3n) is 0.400. The number of hydrogen-bond donors (Lipinski definition) is 2. The molecule has 8 heavy (non-hydrogen) atoms. The molecule has 0 aromatic carbocycles. The average molecular weight is 115 g/mol. The van der Waals surface area contributed by atoms with Crippen LogP contribution in [0, 0.1) is 0 Å². The van der Waals surface area contributed by atoms with Crippen LogP contribution in [0.1, 0.15) is 0 Å². The maximum absolute atomic E-state index is 3.56. The van der Waals surface area contributed by atoms with Gasteiger partial charge in [-0.15, -0.1) is 0 Å². The van der Waals surface area contributed by atoms with Crippen LogP contribution in [0.3, 0.4) is 0 Å². The molecule has 0 saturated carbocycles. The molecular weight excluding hydrogens is 106 g/mol. The second-order valence-corrected chi connectivity index (χ2v) is 0.794. The van der Waals surface area contributed by atoms with Gasteiger partial charge in [0, 0.05) is 0 Å². The summed E-state index contributed by atoms with van der Waals surface area (Å²) in [6, 6.07) is 0. The van der Waals surface area contributed by atoms with Crippen molar-refractivity contribution in [3.63, 3.8) is 0 Å². The van der Waals surface area contributed by atoms with Gasteiger partial charge in [0.2, 0.25) is 0 Å². The van der Waals surface area contributed by atoms with E-state index in [4.69, 9.17) is 0 Å². The summed E-state index contributed by atoms with van der Waals surface area (Å²) in [5, 5.41) is 0. The highest BCUT2D eigenvalue weighted by molar-refractivity contribution is 4.51. The van der Waals surface area contributed by atoms with Crippen molar-refractivity contribution < 1.29 is 0 Å². The van der Waals surface area contributed by atoms with E-state index in [0.717, 1.165) is 0 Å². The number of aromatic nitrogens is 3. The minimum atomic E-state index is 0. The Morgan fingerprint density at radius 2 is 0.875 bits per heavy atom. The van der Waals surface area contributed by atoms with E-state index in [2.05, 4.69) is 15.0 Å². The lowest BCUT2D eigenvalue weighted by atomic mass is 11.1. The zero-order chi connectivity index (χ0) is 4.24. The zero-order valence-corrected chi connectivity index (χ0v) is 4.49. The summed E-state index contributed by atoms with van der Waals surface area (Å²) >= 11 is 0. The van der Waals surface area contributed by atoms with E-state index in [-0.39, 0.29) is 12.3 Å². The van der Waals surface area contributed by atoms with Crippen molar-refractivity contribution in [3.8, 4) is 0 Å². The van der Waals surface area contributed by atoms with Crippen molar-refractivity contribution in [3.05, 3.63) is 19.0 Å². The van der Waals surface area contributed by atoms with Gasteiger partial charge in [-0.3, -0.25) is 0 Å². The Kier molecular flexibility index (Phi) is 7.43. The third kappa shape index (κ3) is 3.13. The molecule has 0 unspecified atom stereocenters. The molecule has 0 bridgehead atoms. The van der Waals surface area contributed by atoms with Crippen molar-refractivity contribution in [1.29, 1.82) is 0 Å². The summed E-state index contributed by atoms with van der Waals surface area (Å²) in [6.45, 7) is 0. The normalized spacial score (nSPS) is 6.00. The molecule has 0 aliphatic heterocycles. The van der Waals surface area contributed by atoms with Crippen molar-refractivity contribution in [2.24, 2.45) is 0 Å². The van der Waals surface area contributed by atoms with Gasteiger partial charge in [-0.05, 0) is 0 Å². The van der Waals surface area contributed by atoms with Gasteiger partial charge in [0.25, 0.3) is 0 Å². The first-order valence-electron chi connectivity index (χ1n) is 1.55. The molecule has 0 radical (unpaired) electrons. The van der Waals surface area contributed by atoms with Crippen LogP contribution in [0.5, 0.6) is 0 Å². The molecule has 1 rings (SSSR count). The largest absolute Gasteiger partial charge is 0.344 e. The van der Waals surface area contributed by atoms with Crippen LogP contribution in [0.15, 0.2) is 19.0 Å². The van der Waals surface area contributed by atoms with E-state index in [1.165, 1.54) is 19.0 Å². The van der Waals surface area contributed by atoms with Gasteiger partial charge >= 0.3 is 0 Å². The van der Waals surface area contributed by atoms with E-state index >= 15 is 0 Å². The molecule has 0 fully saturated rings. The van der Waals surface area contributed by atoms with E-state index < -0.39 is 0 Å². The fourth-order valence-corrected chi connectivity index (χ4v) is 0.205. The summed E-state index contributed by atoms with van der Waals surface area (Å²) in [5.74, 6) is 0. The summed E-state index contributed by atoms with van der Waals surface area (Å²) in [5.41, 5.74) is 0. The minimum Gasteiger partial charge on any atom is -0.344 e. The van der Waals surface area contributed by atoms with Crippen LogP contribution >= 0.6 is 0 Å². The van der Waals surface area contributed by atoms with Gasteiger partial charge < -0.3 is 12.3 Å². The minimum absolute atomic E-state index is 0. The smallest absolute Gasteiger partial charge is 0.119 e. The highest BCUT2D eigenvalue weighted by Gasteiger charge is 1.59. The Hall–Kier alpha value is -1.07. The van der Waals surface area contributed by atoms with Crippen molar-refractivity contribution in [2.75, 3.05) is 0 Å². The second-order valence-electron chi connectivity index (χ2n) is 0.794. The SMILES string of the molecule is N.N.c1ncncn1. The van der Waals surface area contributed by atoms with Gasteiger partial charge in [0.05, 0.1) is 0 Å². The molecule has 1 heterocycles. The molecule has 5 nitrogen and oxygen atoms in total. The van der Waals surface area contributed by atoms with Crippen LogP contribution < -0.4 is 12.3 Å². The summed E-state index contributed by atoms with van der Waals surface area (Å²) in [6.07, 6.45) is 4.31. The average Bonchev–Trinajstić information content (AvgIpc) is 1.72. The van der Waals surface area contributed by atoms with Crippen molar-refractivity contribution in [1.82, 2.24) is 27.3 Å². The lowest BCUT2D eigenvalue weighted by Gasteiger charge is -1.69. The van der Waals surface area contributed by atoms with E-state index in [1.54, 1.807) is 0 Å².